The summed E-state index contributed by atoms with van der Waals surface area (Å²) in [6.45, 7) is 3.83. The first kappa shape index (κ1) is 10.6. The van der Waals surface area contributed by atoms with Gasteiger partial charge < -0.3 is 4.74 Å². The lowest BCUT2D eigenvalue weighted by Gasteiger charge is -2.26. The van der Waals surface area contributed by atoms with E-state index in [0.717, 1.165) is 26.3 Å². The molecule has 0 spiro atoms. The maximum atomic E-state index is 13.5. The van der Waals surface area contributed by atoms with Gasteiger partial charge in [-0.3, -0.25) is 4.90 Å². The standard InChI is InChI=1S/C11H13BFNO/c12-10-2-1-9(11(13)7-10)8-14-3-5-15-6-4-14/h1-2,7H,3-6,8H2. The van der Waals surface area contributed by atoms with Crippen LogP contribution in [0.4, 0.5) is 4.39 Å². The number of hydrogen-bond acceptors (Lipinski definition) is 2. The van der Waals surface area contributed by atoms with Crippen LogP contribution in [0, 0.1) is 5.82 Å². The quantitative estimate of drug-likeness (QED) is 0.650. The molecule has 1 aromatic rings. The zero-order valence-electron chi connectivity index (χ0n) is 8.58. The van der Waals surface area contributed by atoms with Crippen molar-refractivity contribution >= 4 is 13.3 Å². The van der Waals surface area contributed by atoms with E-state index in [1.807, 2.05) is 0 Å². The summed E-state index contributed by atoms with van der Waals surface area (Å²) in [5.74, 6) is -0.221. The molecule has 0 aromatic heterocycles. The molecule has 1 aromatic carbocycles. The van der Waals surface area contributed by atoms with Crippen LogP contribution in [0.2, 0.25) is 0 Å². The molecule has 1 saturated heterocycles. The molecule has 0 N–H and O–H groups in total. The topological polar surface area (TPSA) is 12.5 Å². The van der Waals surface area contributed by atoms with Crippen molar-refractivity contribution < 1.29 is 9.13 Å². The molecular formula is C11H13BFNO. The molecule has 2 rings (SSSR count). The molecule has 1 heterocycles. The first-order valence-corrected chi connectivity index (χ1v) is 5.10. The Balaban J connectivity index is 2.03. The molecule has 0 saturated carbocycles. The number of hydrogen-bond donors (Lipinski definition) is 0. The summed E-state index contributed by atoms with van der Waals surface area (Å²) >= 11 is 0. The van der Waals surface area contributed by atoms with Crippen LogP contribution in [0.1, 0.15) is 5.56 Å². The fourth-order valence-corrected chi connectivity index (χ4v) is 1.69. The molecule has 78 valence electrons. The first-order valence-electron chi connectivity index (χ1n) is 5.10. The summed E-state index contributed by atoms with van der Waals surface area (Å²) in [6, 6.07) is 4.86. The molecule has 2 radical (unpaired) electrons. The van der Waals surface area contributed by atoms with Crippen molar-refractivity contribution in [2.75, 3.05) is 26.3 Å². The van der Waals surface area contributed by atoms with Crippen molar-refractivity contribution in [2.45, 2.75) is 6.54 Å². The largest absolute Gasteiger partial charge is 0.379 e. The Bertz CT molecular complexity index is 339. The second-order valence-electron chi connectivity index (χ2n) is 3.74. The van der Waals surface area contributed by atoms with Gasteiger partial charge in [-0.1, -0.05) is 17.6 Å². The maximum Gasteiger partial charge on any atom is 0.127 e. The Hall–Kier alpha value is -0.865. The minimum absolute atomic E-state index is 0.221. The molecular weight excluding hydrogens is 192 g/mol. The molecule has 15 heavy (non-hydrogen) atoms. The lowest BCUT2D eigenvalue weighted by Crippen LogP contribution is -2.35. The average molecular weight is 205 g/mol. The highest BCUT2D eigenvalue weighted by molar-refractivity contribution is 6.32. The molecule has 0 amide bonds. The van der Waals surface area contributed by atoms with Crippen LogP contribution in [-0.2, 0) is 11.3 Å². The predicted molar refractivity (Wildman–Crippen MR) is 57.9 cm³/mol. The van der Waals surface area contributed by atoms with Crippen molar-refractivity contribution in [3.8, 4) is 0 Å². The van der Waals surface area contributed by atoms with Crippen molar-refractivity contribution in [3.63, 3.8) is 0 Å². The van der Waals surface area contributed by atoms with Crippen molar-refractivity contribution in [2.24, 2.45) is 0 Å². The van der Waals surface area contributed by atoms with Crippen LogP contribution < -0.4 is 5.46 Å². The minimum atomic E-state index is -0.221. The highest BCUT2D eigenvalue weighted by Gasteiger charge is 2.12. The SMILES string of the molecule is [B]c1ccc(CN2CCOCC2)c(F)c1. The van der Waals surface area contributed by atoms with E-state index in [4.69, 9.17) is 12.6 Å². The summed E-state index contributed by atoms with van der Waals surface area (Å²) in [5.41, 5.74) is 1.17. The first-order chi connectivity index (χ1) is 7.25. The third-order valence-electron chi connectivity index (χ3n) is 2.57. The van der Waals surface area contributed by atoms with Crippen LogP contribution in [0.15, 0.2) is 18.2 Å². The maximum absolute atomic E-state index is 13.5. The van der Waals surface area contributed by atoms with Crippen LogP contribution in [-0.4, -0.2) is 39.0 Å². The monoisotopic (exact) mass is 205 g/mol. The second kappa shape index (κ2) is 4.77. The van der Waals surface area contributed by atoms with Gasteiger partial charge in [-0.25, -0.2) is 4.39 Å². The van der Waals surface area contributed by atoms with Gasteiger partial charge in [0.1, 0.15) is 13.7 Å². The molecule has 0 aliphatic carbocycles. The van der Waals surface area contributed by atoms with Crippen molar-refractivity contribution in [3.05, 3.63) is 29.6 Å². The molecule has 0 atom stereocenters. The van der Waals surface area contributed by atoms with Crippen molar-refractivity contribution in [1.82, 2.24) is 4.90 Å². The number of rotatable bonds is 2. The molecule has 1 aliphatic rings. The molecule has 0 bridgehead atoms. The van der Waals surface area contributed by atoms with E-state index in [2.05, 4.69) is 4.90 Å². The molecule has 2 nitrogen and oxygen atoms in total. The van der Waals surface area contributed by atoms with Gasteiger partial charge in [0, 0.05) is 25.2 Å². The summed E-state index contributed by atoms with van der Waals surface area (Å²) in [5, 5.41) is 0. The Morgan fingerprint density at radius 3 is 2.73 bits per heavy atom. The lowest BCUT2D eigenvalue weighted by atomic mass is 9.95. The molecule has 4 heteroatoms. The van der Waals surface area contributed by atoms with Gasteiger partial charge in [-0.2, -0.15) is 0 Å². The van der Waals surface area contributed by atoms with Crippen LogP contribution in [0.5, 0.6) is 0 Å². The van der Waals surface area contributed by atoms with E-state index in [9.17, 15) is 4.39 Å². The Kier molecular flexibility index (Phi) is 3.39. The third-order valence-corrected chi connectivity index (χ3v) is 2.57. The summed E-state index contributed by atoms with van der Waals surface area (Å²) in [7, 11) is 5.49. The van der Waals surface area contributed by atoms with E-state index in [1.165, 1.54) is 6.07 Å². The Morgan fingerprint density at radius 1 is 1.33 bits per heavy atom. The zero-order valence-corrected chi connectivity index (χ0v) is 8.58. The van der Waals surface area contributed by atoms with Crippen LogP contribution >= 0.6 is 0 Å². The van der Waals surface area contributed by atoms with Crippen molar-refractivity contribution in [1.29, 1.82) is 0 Å². The molecule has 1 fully saturated rings. The Morgan fingerprint density at radius 2 is 2.07 bits per heavy atom. The summed E-state index contributed by atoms with van der Waals surface area (Å²) in [4.78, 5) is 2.18. The third kappa shape index (κ3) is 2.80. The number of benzene rings is 1. The number of morpholine rings is 1. The zero-order chi connectivity index (χ0) is 10.7. The fraction of sp³-hybridized carbons (Fsp3) is 0.455. The lowest BCUT2D eigenvalue weighted by molar-refractivity contribution is 0.0337. The van der Waals surface area contributed by atoms with Gasteiger partial charge in [-0.15, -0.1) is 0 Å². The highest BCUT2D eigenvalue weighted by atomic mass is 19.1. The average Bonchev–Trinajstić information content (AvgIpc) is 2.24. The van der Waals surface area contributed by atoms with Gasteiger partial charge in [0.25, 0.3) is 0 Å². The highest BCUT2D eigenvalue weighted by Crippen LogP contribution is 2.09. The second-order valence-corrected chi connectivity index (χ2v) is 3.74. The normalized spacial score (nSPS) is 17.9. The smallest absolute Gasteiger partial charge is 0.127 e. The number of ether oxygens (including phenoxy) is 1. The molecule has 1 aliphatic heterocycles. The molecule has 0 unspecified atom stereocenters. The van der Waals surface area contributed by atoms with E-state index >= 15 is 0 Å². The summed E-state index contributed by atoms with van der Waals surface area (Å²) < 4.78 is 18.7. The van der Waals surface area contributed by atoms with Gasteiger partial charge in [0.05, 0.1) is 13.2 Å². The van der Waals surface area contributed by atoms with Gasteiger partial charge >= 0.3 is 0 Å². The van der Waals surface area contributed by atoms with E-state index in [1.54, 1.807) is 12.1 Å². The number of halogens is 1. The minimum Gasteiger partial charge on any atom is -0.379 e. The fourth-order valence-electron chi connectivity index (χ4n) is 1.69. The van der Waals surface area contributed by atoms with Crippen LogP contribution in [0.3, 0.4) is 0 Å². The van der Waals surface area contributed by atoms with Gasteiger partial charge in [-0.05, 0) is 6.07 Å². The van der Waals surface area contributed by atoms with E-state index in [-0.39, 0.29) is 5.82 Å². The van der Waals surface area contributed by atoms with Gasteiger partial charge in [0.15, 0.2) is 0 Å². The van der Waals surface area contributed by atoms with E-state index in [0.29, 0.717) is 17.6 Å². The number of nitrogens with zero attached hydrogens (tertiary/aromatic N) is 1. The Labute approximate surface area is 90.4 Å². The summed E-state index contributed by atoms with van der Waals surface area (Å²) in [6.07, 6.45) is 0. The van der Waals surface area contributed by atoms with Gasteiger partial charge in [0.2, 0.25) is 0 Å². The van der Waals surface area contributed by atoms with E-state index < -0.39 is 0 Å². The van der Waals surface area contributed by atoms with Crippen LogP contribution in [0.25, 0.3) is 0 Å². The predicted octanol–water partition coefficient (Wildman–Crippen LogP) is 0.452.